The molecule has 4 N–H and O–H groups in total. The number of nitrogens with one attached hydrogen (secondary N) is 1. The summed E-state index contributed by atoms with van der Waals surface area (Å²) < 4.78 is 0. The molecule has 0 spiro atoms. The summed E-state index contributed by atoms with van der Waals surface area (Å²) in [5.41, 5.74) is 7.04. The zero-order valence-corrected chi connectivity index (χ0v) is 11.9. The number of hydrogen-bond acceptors (Lipinski definition) is 3. The normalized spacial score (nSPS) is 22.1. The average Bonchev–Trinajstić information content (AvgIpc) is 2.49. The molecule has 1 aliphatic carbocycles. The molecule has 21 heavy (non-hydrogen) atoms. The van der Waals surface area contributed by atoms with Gasteiger partial charge in [0.1, 0.15) is 0 Å². The molecule has 0 saturated heterocycles. The van der Waals surface area contributed by atoms with Crippen LogP contribution in [0.15, 0.2) is 36.4 Å². The Morgan fingerprint density at radius 2 is 1.71 bits per heavy atom. The number of hydrogen-bond donors (Lipinski definition) is 3. The molecule has 0 aromatic heterocycles. The molecule has 1 amide bonds. The maximum atomic E-state index is 12.4. The van der Waals surface area contributed by atoms with Crippen LogP contribution in [-0.4, -0.2) is 23.2 Å². The number of anilines is 1. The number of amides is 1. The van der Waals surface area contributed by atoms with E-state index in [0.717, 1.165) is 36.5 Å². The van der Waals surface area contributed by atoms with Crippen molar-refractivity contribution in [1.29, 1.82) is 0 Å². The zero-order chi connectivity index (χ0) is 14.8. The molecule has 3 rings (SSSR count). The predicted molar refractivity (Wildman–Crippen MR) is 84.1 cm³/mol. The number of carbonyl (C=O) groups excluding carboxylic acids is 1. The monoisotopic (exact) mass is 284 g/mol. The molecule has 2 aromatic rings. The third-order valence-corrected chi connectivity index (χ3v) is 4.19. The quantitative estimate of drug-likeness (QED) is 0.741. The number of aliphatic hydroxyl groups excluding tert-OH is 1. The summed E-state index contributed by atoms with van der Waals surface area (Å²) in [4.78, 5) is 12.4. The lowest BCUT2D eigenvalue weighted by molar-refractivity contribution is 0.0868. The minimum absolute atomic E-state index is 0.125. The van der Waals surface area contributed by atoms with Crippen LogP contribution < -0.4 is 11.1 Å². The predicted octanol–water partition coefficient (Wildman–Crippen LogP) is 2.46. The Morgan fingerprint density at radius 3 is 2.38 bits per heavy atom. The number of fused-ring (bicyclic) bond motifs is 1. The molecule has 0 heterocycles. The molecule has 1 saturated carbocycles. The Hall–Kier alpha value is -2.07. The summed E-state index contributed by atoms with van der Waals surface area (Å²) in [6.07, 6.45) is 2.92. The van der Waals surface area contributed by atoms with Crippen molar-refractivity contribution < 1.29 is 9.90 Å². The molecular weight excluding hydrogens is 264 g/mol. The molecule has 2 aromatic carbocycles. The van der Waals surface area contributed by atoms with Gasteiger partial charge in [-0.1, -0.05) is 24.3 Å². The van der Waals surface area contributed by atoms with E-state index in [-0.39, 0.29) is 18.1 Å². The van der Waals surface area contributed by atoms with Crippen molar-refractivity contribution in [2.45, 2.75) is 37.8 Å². The molecule has 0 bridgehead atoms. The summed E-state index contributed by atoms with van der Waals surface area (Å²) >= 11 is 0. The van der Waals surface area contributed by atoms with Crippen molar-refractivity contribution >= 4 is 22.4 Å². The third-order valence-electron chi connectivity index (χ3n) is 4.19. The van der Waals surface area contributed by atoms with E-state index < -0.39 is 0 Å². The van der Waals surface area contributed by atoms with E-state index >= 15 is 0 Å². The van der Waals surface area contributed by atoms with Gasteiger partial charge in [0.15, 0.2) is 0 Å². The van der Waals surface area contributed by atoms with Crippen LogP contribution >= 0.6 is 0 Å². The Morgan fingerprint density at radius 1 is 1.10 bits per heavy atom. The number of nitrogen functional groups attached to an aromatic ring is 1. The van der Waals surface area contributed by atoms with Gasteiger partial charge in [0.05, 0.1) is 11.7 Å². The lowest BCUT2D eigenvalue weighted by Crippen LogP contribution is -2.38. The number of nitrogens with two attached hydrogens (primary N) is 1. The van der Waals surface area contributed by atoms with Gasteiger partial charge in [-0.05, 0) is 48.6 Å². The van der Waals surface area contributed by atoms with Gasteiger partial charge < -0.3 is 16.2 Å². The minimum Gasteiger partial charge on any atom is -0.398 e. The summed E-state index contributed by atoms with van der Waals surface area (Å²) in [5, 5.41) is 14.6. The first-order chi connectivity index (χ1) is 10.1. The average molecular weight is 284 g/mol. The van der Waals surface area contributed by atoms with Crippen LogP contribution in [0.1, 0.15) is 36.0 Å². The van der Waals surface area contributed by atoms with E-state index in [1.54, 1.807) is 0 Å². The fourth-order valence-electron chi connectivity index (χ4n) is 2.94. The molecule has 4 nitrogen and oxygen atoms in total. The first-order valence-corrected chi connectivity index (χ1v) is 7.40. The second kappa shape index (κ2) is 5.74. The Bertz CT molecular complexity index is 661. The van der Waals surface area contributed by atoms with Crippen LogP contribution in [0, 0.1) is 0 Å². The van der Waals surface area contributed by atoms with E-state index in [1.807, 2.05) is 36.4 Å². The first kappa shape index (κ1) is 13.9. The van der Waals surface area contributed by atoms with E-state index in [1.165, 1.54) is 0 Å². The first-order valence-electron chi connectivity index (χ1n) is 7.40. The largest absolute Gasteiger partial charge is 0.398 e. The van der Waals surface area contributed by atoms with Crippen molar-refractivity contribution in [3.63, 3.8) is 0 Å². The van der Waals surface area contributed by atoms with Crippen LogP contribution in [0.4, 0.5) is 5.69 Å². The molecule has 0 unspecified atom stereocenters. The molecule has 110 valence electrons. The van der Waals surface area contributed by atoms with Gasteiger partial charge in [0.2, 0.25) is 0 Å². The van der Waals surface area contributed by atoms with Crippen molar-refractivity contribution in [1.82, 2.24) is 5.32 Å². The van der Waals surface area contributed by atoms with Crippen molar-refractivity contribution in [3.05, 3.63) is 42.0 Å². The maximum Gasteiger partial charge on any atom is 0.253 e. The Labute approximate surface area is 124 Å². The van der Waals surface area contributed by atoms with Gasteiger partial charge in [-0.25, -0.2) is 0 Å². The van der Waals surface area contributed by atoms with Gasteiger partial charge in [-0.2, -0.15) is 0 Å². The van der Waals surface area contributed by atoms with Gasteiger partial charge in [0.25, 0.3) is 5.91 Å². The maximum absolute atomic E-state index is 12.4. The Balaban J connectivity index is 1.79. The zero-order valence-electron chi connectivity index (χ0n) is 11.9. The highest BCUT2D eigenvalue weighted by atomic mass is 16.3. The van der Waals surface area contributed by atoms with Crippen molar-refractivity contribution in [3.8, 4) is 0 Å². The molecule has 1 aliphatic rings. The van der Waals surface area contributed by atoms with Crippen LogP contribution in [0.2, 0.25) is 0 Å². The third kappa shape index (κ3) is 3.00. The van der Waals surface area contributed by atoms with Crippen molar-refractivity contribution in [2.75, 3.05) is 5.73 Å². The van der Waals surface area contributed by atoms with Gasteiger partial charge in [0, 0.05) is 11.7 Å². The van der Waals surface area contributed by atoms with E-state index in [4.69, 9.17) is 5.73 Å². The van der Waals surface area contributed by atoms with Crippen molar-refractivity contribution in [2.24, 2.45) is 0 Å². The lowest BCUT2D eigenvalue weighted by Gasteiger charge is -2.26. The lowest BCUT2D eigenvalue weighted by atomic mass is 9.93. The highest BCUT2D eigenvalue weighted by Crippen LogP contribution is 2.23. The number of rotatable bonds is 2. The molecule has 0 atom stereocenters. The number of benzene rings is 2. The summed E-state index contributed by atoms with van der Waals surface area (Å²) in [7, 11) is 0. The van der Waals surface area contributed by atoms with Gasteiger partial charge in [-0.15, -0.1) is 0 Å². The SMILES string of the molecule is Nc1cc2ccccc2cc1C(=O)NC1CCC(O)CC1. The number of aliphatic hydroxyl groups is 1. The highest BCUT2D eigenvalue weighted by Gasteiger charge is 2.22. The van der Waals surface area contributed by atoms with Gasteiger partial charge in [-0.3, -0.25) is 4.79 Å². The summed E-state index contributed by atoms with van der Waals surface area (Å²) in [6, 6.07) is 11.7. The highest BCUT2D eigenvalue weighted by molar-refractivity contribution is 6.04. The molecule has 0 radical (unpaired) electrons. The fourth-order valence-corrected chi connectivity index (χ4v) is 2.94. The van der Waals surface area contributed by atoms with E-state index in [0.29, 0.717) is 11.3 Å². The van der Waals surface area contributed by atoms with E-state index in [9.17, 15) is 9.90 Å². The van der Waals surface area contributed by atoms with Crippen LogP contribution in [0.25, 0.3) is 10.8 Å². The fraction of sp³-hybridized carbons (Fsp3) is 0.353. The van der Waals surface area contributed by atoms with Crippen LogP contribution in [0.3, 0.4) is 0 Å². The van der Waals surface area contributed by atoms with Crippen LogP contribution in [0.5, 0.6) is 0 Å². The smallest absolute Gasteiger partial charge is 0.253 e. The number of carbonyl (C=O) groups is 1. The molecule has 4 heteroatoms. The molecule has 0 aliphatic heterocycles. The minimum atomic E-state index is -0.219. The standard InChI is InChI=1S/C17H20N2O2/c18-16-10-12-4-2-1-3-11(12)9-15(16)17(21)19-13-5-7-14(20)8-6-13/h1-4,9-10,13-14,20H,5-8,18H2,(H,19,21). The second-order valence-corrected chi connectivity index (χ2v) is 5.77. The topological polar surface area (TPSA) is 75.4 Å². The van der Waals surface area contributed by atoms with Gasteiger partial charge >= 0.3 is 0 Å². The summed E-state index contributed by atoms with van der Waals surface area (Å²) in [5.74, 6) is -0.125. The Kier molecular flexibility index (Phi) is 3.80. The second-order valence-electron chi connectivity index (χ2n) is 5.77. The van der Waals surface area contributed by atoms with E-state index in [2.05, 4.69) is 5.32 Å². The molecule has 1 fully saturated rings. The molecular formula is C17H20N2O2. The van der Waals surface area contributed by atoms with Crippen LogP contribution in [-0.2, 0) is 0 Å². The summed E-state index contributed by atoms with van der Waals surface area (Å²) in [6.45, 7) is 0.